The third-order valence-corrected chi connectivity index (χ3v) is 5.31. The zero-order valence-corrected chi connectivity index (χ0v) is 16.0. The molecule has 3 heterocycles. The molecule has 0 saturated heterocycles. The lowest BCUT2D eigenvalue weighted by molar-refractivity contribution is 0.415. The Hall–Kier alpha value is -3.60. The highest BCUT2D eigenvalue weighted by molar-refractivity contribution is 6.05. The fourth-order valence-electron chi connectivity index (χ4n) is 3.91. The number of nitrogens with zero attached hydrogens (tertiary/aromatic N) is 1. The van der Waals surface area contributed by atoms with Crippen molar-refractivity contribution in [2.45, 2.75) is 0 Å². The van der Waals surface area contributed by atoms with Crippen LogP contribution in [0.5, 0.6) is 11.5 Å². The molecule has 0 amide bonds. The number of benzene rings is 2. The first kappa shape index (κ1) is 16.6. The largest absolute Gasteiger partial charge is 0.497 e. The Morgan fingerprint density at radius 1 is 0.679 bits per heavy atom. The zero-order chi connectivity index (χ0) is 19.3. The molecule has 5 aromatic rings. The summed E-state index contributed by atoms with van der Waals surface area (Å²) in [6.07, 6.45) is 8.46. The van der Waals surface area contributed by atoms with Gasteiger partial charge in [-0.1, -0.05) is 0 Å². The highest BCUT2D eigenvalue weighted by atomic mass is 16.5. The SMILES string of the molecule is COc1ccc2[nH]cc(-c3cn(C)cc3-c3c[nH]c4ccc(OC)cc34)c2c1. The van der Waals surface area contributed by atoms with Crippen LogP contribution in [0, 0.1) is 0 Å². The average Bonchev–Trinajstić information content (AvgIpc) is 3.42. The smallest absolute Gasteiger partial charge is 0.119 e. The molecule has 5 rings (SSSR count). The first-order valence-corrected chi connectivity index (χ1v) is 9.15. The number of H-pyrrole nitrogens is 2. The van der Waals surface area contributed by atoms with Crippen molar-refractivity contribution in [3.63, 3.8) is 0 Å². The summed E-state index contributed by atoms with van der Waals surface area (Å²) in [6.45, 7) is 0. The summed E-state index contributed by atoms with van der Waals surface area (Å²) in [5.41, 5.74) is 6.83. The Labute approximate surface area is 162 Å². The van der Waals surface area contributed by atoms with Crippen LogP contribution in [-0.4, -0.2) is 28.8 Å². The van der Waals surface area contributed by atoms with Crippen LogP contribution in [0.3, 0.4) is 0 Å². The number of aromatic amines is 2. The number of ether oxygens (including phenoxy) is 2. The van der Waals surface area contributed by atoms with Crippen molar-refractivity contribution in [3.8, 4) is 33.8 Å². The number of hydrogen-bond acceptors (Lipinski definition) is 2. The van der Waals surface area contributed by atoms with E-state index in [0.29, 0.717) is 0 Å². The molecule has 0 spiro atoms. The van der Waals surface area contributed by atoms with E-state index in [9.17, 15) is 0 Å². The fourth-order valence-corrected chi connectivity index (χ4v) is 3.91. The topological polar surface area (TPSA) is 55.0 Å². The molecule has 2 N–H and O–H groups in total. The van der Waals surface area contributed by atoms with Gasteiger partial charge in [-0.05, 0) is 36.4 Å². The second-order valence-corrected chi connectivity index (χ2v) is 6.98. The highest BCUT2D eigenvalue weighted by Crippen LogP contribution is 2.40. The summed E-state index contributed by atoms with van der Waals surface area (Å²) in [7, 11) is 5.44. The van der Waals surface area contributed by atoms with E-state index in [1.54, 1.807) is 14.2 Å². The molecule has 0 aliphatic heterocycles. The molecule has 3 aromatic heterocycles. The lowest BCUT2D eigenvalue weighted by Gasteiger charge is -2.05. The predicted molar refractivity (Wildman–Crippen MR) is 113 cm³/mol. The van der Waals surface area contributed by atoms with E-state index < -0.39 is 0 Å². The summed E-state index contributed by atoms with van der Waals surface area (Å²) in [6, 6.07) is 12.2. The van der Waals surface area contributed by atoms with Crippen molar-refractivity contribution in [1.29, 1.82) is 0 Å². The minimum Gasteiger partial charge on any atom is -0.497 e. The maximum absolute atomic E-state index is 5.44. The fraction of sp³-hybridized carbons (Fsp3) is 0.130. The van der Waals surface area contributed by atoms with Crippen LogP contribution in [0.2, 0.25) is 0 Å². The molecule has 0 radical (unpaired) electrons. The molecule has 0 unspecified atom stereocenters. The lowest BCUT2D eigenvalue weighted by atomic mass is 9.98. The minimum atomic E-state index is 0.850. The zero-order valence-electron chi connectivity index (χ0n) is 16.0. The van der Waals surface area contributed by atoms with Crippen molar-refractivity contribution in [2.24, 2.45) is 7.05 Å². The molecular weight excluding hydrogens is 350 g/mol. The van der Waals surface area contributed by atoms with E-state index in [2.05, 4.69) is 70.6 Å². The van der Waals surface area contributed by atoms with Gasteiger partial charge in [0.1, 0.15) is 11.5 Å². The first-order chi connectivity index (χ1) is 13.7. The second-order valence-electron chi connectivity index (χ2n) is 6.98. The molecule has 0 bridgehead atoms. The van der Waals surface area contributed by atoms with E-state index in [4.69, 9.17) is 9.47 Å². The van der Waals surface area contributed by atoms with E-state index in [-0.39, 0.29) is 0 Å². The van der Waals surface area contributed by atoms with Crippen molar-refractivity contribution in [1.82, 2.24) is 14.5 Å². The molecule has 0 saturated carbocycles. The Bertz CT molecular complexity index is 1210. The number of hydrogen-bond donors (Lipinski definition) is 2. The van der Waals surface area contributed by atoms with Gasteiger partial charge >= 0.3 is 0 Å². The molecule has 0 aliphatic carbocycles. The van der Waals surface area contributed by atoms with Crippen LogP contribution in [0.15, 0.2) is 61.2 Å². The molecule has 5 heteroatoms. The van der Waals surface area contributed by atoms with Crippen LogP contribution in [0.4, 0.5) is 0 Å². The maximum atomic E-state index is 5.44. The summed E-state index contributed by atoms with van der Waals surface area (Å²) in [4.78, 5) is 6.77. The van der Waals surface area contributed by atoms with Gasteiger partial charge in [0.15, 0.2) is 0 Å². The van der Waals surface area contributed by atoms with E-state index in [1.165, 1.54) is 11.1 Å². The molecular formula is C23H21N3O2. The third kappa shape index (κ3) is 2.47. The standard InChI is InChI=1S/C23H21N3O2/c1-26-12-20(18-10-24-22-6-4-14(27-2)8-16(18)22)21(13-26)19-11-25-23-7-5-15(28-3)9-17(19)23/h4-13,24-25H,1-3H3. The first-order valence-electron chi connectivity index (χ1n) is 9.15. The normalized spacial score (nSPS) is 11.4. The number of rotatable bonds is 4. The Morgan fingerprint density at radius 2 is 1.14 bits per heavy atom. The van der Waals surface area contributed by atoms with Gasteiger partial charge in [-0.3, -0.25) is 0 Å². The van der Waals surface area contributed by atoms with Crippen molar-refractivity contribution < 1.29 is 9.47 Å². The predicted octanol–water partition coefficient (Wildman–Crippen LogP) is 5.34. The molecule has 140 valence electrons. The molecule has 0 atom stereocenters. The van der Waals surface area contributed by atoms with Gasteiger partial charge in [0.25, 0.3) is 0 Å². The van der Waals surface area contributed by atoms with E-state index >= 15 is 0 Å². The minimum absolute atomic E-state index is 0.850. The second kappa shape index (κ2) is 6.23. The van der Waals surface area contributed by atoms with Gasteiger partial charge < -0.3 is 24.0 Å². The number of fused-ring (bicyclic) bond motifs is 2. The van der Waals surface area contributed by atoms with Gasteiger partial charge in [0.05, 0.1) is 14.2 Å². The molecule has 28 heavy (non-hydrogen) atoms. The summed E-state index contributed by atoms with van der Waals surface area (Å²) in [5, 5.41) is 2.29. The summed E-state index contributed by atoms with van der Waals surface area (Å²) in [5.74, 6) is 1.70. The average molecular weight is 371 g/mol. The van der Waals surface area contributed by atoms with Gasteiger partial charge in [-0.2, -0.15) is 0 Å². The lowest BCUT2D eigenvalue weighted by Crippen LogP contribution is -1.83. The van der Waals surface area contributed by atoms with Gasteiger partial charge in [0.2, 0.25) is 0 Å². The van der Waals surface area contributed by atoms with Crippen molar-refractivity contribution in [2.75, 3.05) is 14.2 Å². The van der Waals surface area contributed by atoms with E-state index in [1.807, 2.05) is 12.1 Å². The van der Waals surface area contributed by atoms with Crippen LogP contribution < -0.4 is 9.47 Å². The van der Waals surface area contributed by atoms with Crippen LogP contribution >= 0.6 is 0 Å². The Morgan fingerprint density at radius 3 is 1.57 bits per heavy atom. The molecule has 2 aromatic carbocycles. The molecule has 5 nitrogen and oxygen atoms in total. The highest BCUT2D eigenvalue weighted by Gasteiger charge is 2.17. The Balaban J connectivity index is 1.75. The van der Waals surface area contributed by atoms with Gasteiger partial charge in [0, 0.05) is 75.9 Å². The van der Waals surface area contributed by atoms with Crippen LogP contribution in [0.25, 0.3) is 44.1 Å². The Kier molecular flexibility index (Phi) is 3.69. The van der Waals surface area contributed by atoms with Gasteiger partial charge in [-0.25, -0.2) is 0 Å². The summed E-state index contributed by atoms with van der Waals surface area (Å²) >= 11 is 0. The number of methoxy groups -OCH3 is 2. The molecule has 0 fully saturated rings. The monoisotopic (exact) mass is 371 g/mol. The van der Waals surface area contributed by atoms with E-state index in [0.717, 1.165) is 44.4 Å². The number of aromatic nitrogens is 3. The number of nitrogens with one attached hydrogen (secondary N) is 2. The van der Waals surface area contributed by atoms with Crippen LogP contribution in [0.1, 0.15) is 0 Å². The maximum Gasteiger partial charge on any atom is 0.119 e. The summed E-state index contributed by atoms with van der Waals surface area (Å²) < 4.78 is 13.0. The van der Waals surface area contributed by atoms with Gasteiger partial charge in [-0.15, -0.1) is 0 Å². The quantitative estimate of drug-likeness (QED) is 0.448. The van der Waals surface area contributed by atoms with Crippen molar-refractivity contribution in [3.05, 3.63) is 61.2 Å². The third-order valence-electron chi connectivity index (χ3n) is 5.31. The molecule has 0 aliphatic rings. The van der Waals surface area contributed by atoms with Crippen LogP contribution in [-0.2, 0) is 7.05 Å². The number of aryl methyl sites for hydroxylation is 1. The van der Waals surface area contributed by atoms with Crippen molar-refractivity contribution >= 4 is 21.8 Å².